The molecule has 2 aromatic heterocycles. The number of rotatable bonds is 11. The van der Waals surface area contributed by atoms with E-state index >= 15 is 0 Å². The Morgan fingerprint density at radius 2 is 1.12 bits per heavy atom. The van der Waals surface area contributed by atoms with Crippen molar-refractivity contribution in [1.82, 2.24) is 9.13 Å². The molecular formula is C18H24N2O4. The Balaban J connectivity index is 1.45. The van der Waals surface area contributed by atoms with Crippen LogP contribution in [0.4, 0.5) is 0 Å². The predicted octanol–water partition coefficient (Wildman–Crippen LogP) is 1.52. The van der Waals surface area contributed by atoms with Gasteiger partial charge in [0.25, 0.3) is 0 Å². The first-order valence-corrected chi connectivity index (χ1v) is 8.24. The summed E-state index contributed by atoms with van der Waals surface area (Å²) < 4.78 is 14.3. The predicted molar refractivity (Wildman–Crippen MR) is 92.3 cm³/mol. The summed E-state index contributed by atoms with van der Waals surface area (Å²) in [5.74, 6) is 0. The molecule has 0 saturated carbocycles. The highest BCUT2D eigenvalue weighted by Gasteiger charge is 1.96. The standard InChI is InChI=1S/C18H24N2O4/c21-17-7-1-3-9-19(17)11-5-13-23-15-16-24-14-6-12-20-10-4-2-8-18(20)22/h1-4,7-10H,5-6,11-16H2. The Morgan fingerprint density at radius 3 is 1.54 bits per heavy atom. The molecule has 0 saturated heterocycles. The molecule has 0 amide bonds. The number of hydrogen-bond acceptors (Lipinski definition) is 4. The topological polar surface area (TPSA) is 62.5 Å². The number of ether oxygens (including phenoxy) is 2. The molecule has 0 radical (unpaired) electrons. The lowest BCUT2D eigenvalue weighted by Crippen LogP contribution is -2.19. The summed E-state index contributed by atoms with van der Waals surface area (Å²) in [5.41, 5.74) is 0.0247. The maximum atomic E-state index is 11.5. The van der Waals surface area contributed by atoms with Gasteiger partial charge in [-0.2, -0.15) is 0 Å². The molecule has 6 heteroatoms. The summed E-state index contributed by atoms with van der Waals surface area (Å²) >= 11 is 0. The Labute approximate surface area is 141 Å². The zero-order valence-corrected chi connectivity index (χ0v) is 13.8. The van der Waals surface area contributed by atoms with E-state index in [1.165, 1.54) is 0 Å². The number of hydrogen-bond donors (Lipinski definition) is 0. The third-order valence-corrected chi connectivity index (χ3v) is 3.55. The minimum Gasteiger partial charge on any atom is -0.379 e. The molecule has 0 aliphatic rings. The van der Waals surface area contributed by atoms with Crippen LogP contribution in [0.2, 0.25) is 0 Å². The lowest BCUT2D eigenvalue weighted by molar-refractivity contribution is 0.0440. The van der Waals surface area contributed by atoms with Crippen molar-refractivity contribution >= 4 is 0 Å². The molecule has 0 unspecified atom stereocenters. The normalized spacial score (nSPS) is 10.8. The van der Waals surface area contributed by atoms with E-state index in [1.54, 1.807) is 45.8 Å². The van der Waals surface area contributed by atoms with E-state index in [0.717, 1.165) is 12.8 Å². The first-order chi connectivity index (χ1) is 11.8. The molecule has 0 aliphatic carbocycles. The lowest BCUT2D eigenvalue weighted by Gasteiger charge is -2.08. The van der Waals surface area contributed by atoms with Crippen LogP contribution >= 0.6 is 0 Å². The second-order valence-electron chi connectivity index (χ2n) is 5.40. The van der Waals surface area contributed by atoms with E-state index in [9.17, 15) is 9.59 Å². The van der Waals surface area contributed by atoms with Crippen LogP contribution in [0.25, 0.3) is 0 Å². The van der Waals surface area contributed by atoms with Gasteiger partial charge in [-0.05, 0) is 25.0 Å². The summed E-state index contributed by atoms with van der Waals surface area (Å²) in [7, 11) is 0. The molecule has 130 valence electrons. The zero-order chi connectivity index (χ0) is 17.0. The molecule has 0 aliphatic heterocycles. The number of nitrogens with zero attached hydrogens (tertiary/aromatic N) is 2. The molecular weight excluding hydrogens is 308 g/mol. The number of pyridine rings is 2. The monoisotopic (exact) mass is 332 g/mol. The largest absolute Gasteiger partial charge is 0.379 e. The minimum atomic E-state index is 0.0124. The van der Waals surface area contributed by atoms with E-state index in [4.69, 9.17) is 9.47 Å². The number of aromatic nitrogens is 2. The van der Waals surface area contributed by atoms with Gasteiger partial charge in [0, 0.05) is 50.8 Å². The van der Waals surface area contributed by atoms with Crippen molar-refractivity contribution in [2.75, 3.05) is 26.4 Å². The van der Waals surface area contributed by atoms with Crippen LogP contribution in [0.1, 0.15) is 12.8 Å². The fraction of sp³-hybridized carbons (Fsp3) is 0.444. The fourth-order valence-corrected chi connectivity index (χ4v) is 2.29. The van der Waals surface area contributed by atoms with E-state index in [-0.39, 0.29) is 11.1 Å². The van der Waals surface area contributed by atoms with Gasteiger partial charge in [-0.15, -0.1) is 0 Å². The Kier molecular flexibility index (Phi) is 8.00. The fourth-order valence-electron chi connectivity index (χ4n) is 2.29. The molecule has 0 fully saturated rings. The molecule has 0 N–H and O–H groups in total. The van der Waals surface area contributed by atoms with E-state index in [0.29, 0.717) is 39.5 Å². The third kappa shape index (κ3) is 6.52. The second-order valence-corrected chi connectivity index (χ2v) is 5.40. The highest BCUT2D eigenvalue weighted by Crippen LogP contribution is 1.91. The van der Waals surface area contributed by atoms with Gasteiger partial charge in [0.1, 0.15) is 0 Å². The minimum absolute atomic E-state index is 0.0124. The van der Waals surface area contributed by atoms with Gasteiger partial charge in [0.2, 0.25) is 11.1 Å². The van der Waals surface area contributed by atoms with Crippen LogP contribution < -0.4 is 11.1 Å². The van der Waals surface area contributed by atoms with Crippen molar-refractivity contribution in [3.8, 4) is 0 Å². The maximum absolute atomic E-state index is 11.5. The molecule has 0 bridgehead atoms. The van der Waals surface area contributed by atoms with E-state index < -0.39 is 0 Å². The van der Waals surface area contributed by atoms with Gasteiger partial charge in [-0.25, -0.2) is 0 Å². The quantitative estimate of drug-likeness (QED) is 0.585. The van der Waals surface area contributed by atoms with Gasteiger partial charge in [0.15, 0.2) is 0 Å². The van der Waals surface area contributed by atoms with Crippen molar-refractivity contribution < 1.29 is 9.47 Å². The Morgan fingerprint density at radius 1 is 0.667 bits per heavy atom. The van der Waals surface area contributed by atoms with E-state index in [2.05, 4.69) is 0 Å². The molecule has 0 aromatic carbocycles. The highest BCUT2D eigenvalue weighted by atomic mass is 16.5. The third-order valence-electron chi connectivity index (χ3n) is 3.55. The van der Waals surface area contributed by atoms with E-state index in [1.807, 2.05) is 12.1 Å². The molecule has 0 spiro atoms. The smallest absolute Gasteiger partial charge is 0.250 e. The van der Waals surface area contributed by atoms with Crippen molar-refractivity contribution in [1.29, 1.82) is 0 Å². The van der Waals surface area contributed by atoms with Gasteiger partial charge < -0.3 is 18.6 Å². The average molecular weight is 332 g/mol. The van der Waals surface area contributed by atoms with Crippen molar-refractivity contribution in [3.63, 3.8) is 0 Å². The van der Waals surface area contributed by atoms with Crippen molar-refractivity contribution in [2.24, 2.45) is 0 Å². The van der Waals surface area contributed by atoms with Crippen LogP contribution in [0.3, 0.4) is 0 Å². The summed E-state index contributed by atoms with van der Waals surface area (Å²) in [6.07, 6.45) is 5.15. The summed E-state index contributed by atoms with van der Waals surface area (Å²) in [4.78, 5) is 23.0. The first-order valence-electron chi connectivity index (χ1n) is 8.24. The van der Waals surface area contributed by atoms with Crippen molar-refractivity contribution in [3.05, 3.63) is 69.5 Å². The van der Waals surface area contributed by atoms with Crippen LogP contribution in [-0.4, -0.2) is 35.6 Å². The SMILES string of the molecule is O=c1ccccn1CCCOCCOCCCn1ccccc1=O. The van der Waals surface area contributed by atoms with Crippen LogP contribution in [0.5, 0.6) is 0 Å². The van der Waals surface area contributed by atoms with Gasteiger partial charge in [0.05, 0.1) is 13.2 Å². The molecule has 2 aromatic rings. The summed E-state index contributed by atoms with van der Waals surface area (Å²) in [6, 6.07) is 10.3. The second kappa shape index (κ2) is 10.6. The average Bonchev–Trinajstić information content (AvgIpc) is 2.59. The molecule has 0 atom stereocenters. The van der Waals surface area contributed by atoms with Gasteiger partial charge >= 0.3 is 0 Å². The maximum Gasteiger partial charge on any atom is 0.250 e. The molecule has 6 nitrogen and oxygen atoms in total. The van der Waals surface area contributed by atoms with Gasteiger partial charge in [-0.3, -0.25) is 9.59 Å². The lowest BCUT2D eigenvalue weighted by atomic mass is 10.4. The Hall–Kier alpha value is -2.18. The van der Waals surface area contributed by atoms with Gasteiger partial charge in [-0.1, -0.05) is 12.1 Å². The molecule has 24 heavy (non-hydrogen) atoms. The number of aryl methyl sites for hydroxylation is 2. The summed E-state index contributed by atoms with van der Waals surface area (Å²) in [6.45, 7) is 3.59. The zero-order valence-electron chi connectivity index (χ0n) is 13.8. The first kappa shape index (κ1) is 18.2. The van der Waals surface area contributed by atoms with Crippen LogP contribution in [-0.2, 0) is 22.6 Å². The summed E-state index contributed by atoms with van der Waals surface area (Å²) in [5, 5.41) is 0. The highest BCUT2D eigenvalue weighted by molar-refractivity contribution is 4.93. The van der Waals surface area contributed by atoms with Crippen LogP contribution in [0, 0.1) is 0 Å². The van der Waals surface area contributed by atoms with Crippen molar-refractivity contribution in [2.45, 2.75) is 25.9 Å². The Bertz CT molecular complexity index is 647. The molecule has 2 heterocycles. The molecule has 2 rings (SSSR count). The van der Waals surface area contributed by atoms with Crippen LogP contribution in [0.15, 0.2) is 58.4 Å².